The predicted octanol–water partition coefficient (Wildman–Crippen LogP) is 4.35. The number of hydrogen-bond donors (Lipinski definition) is 0. The Morgan fingerprint density at radius 2 is 1.79 bits per heavy atom. The molecule has 5 heteroatoms. The molecule has 3 nitrogen and oxygen atoms in total. The Morgan fingerprint density at radius 3 is 2.46 bits per heavy atom. The maximum atomic E-state index is 13.6. The van der Waals surface area contributed by atoms with Crippen LogP contribution in [0.5, 0.6) is 0 Å². The quantitative estimate of drug-likeness (QED) is 0.719. The molecule has 0 N–H and O–H groups in total. The first-order valence-corrected chi connectivity index (χ1v) is 7.42. The third-order valence-corrected chi connectivity index (χ3v) is 4.19. The van der Waals surface area contributed by atoms with E-state index >= 15 is 0 Å². The molecule has 0 aliphatic carbocycles. The number of halogens is 2. The van der Waals surface area contributed by atoms with Crippen LogP contribution >= 0.6 is 0 Å². The lowest BCUT2D eigenvalue weighted by Gasteiger charge is -2.27. The molecule has 0 radical (unpaired) electrons. The zero-order chi connectivity index (χ0) is 17.3. The van der Waals surface area contributed by atoms with E-state index in [1.54, 1.807) is 36.8 Å². The maximum Gasteiger partial charge on any atom is 0.140 e. The zero-order valence-electron chi connectivity index (χ0n) is 13.3. The van der Waals surface area contributed by atoms with E-state index in [2.05, 4.69) is 4.98 Å². The van der Waals surface area contributed by atoms with Gasteiger partial charge in [-0.1, -0.05) is 19.9 Å². The summed E-state index contributed by atoms with van der Waals surface area (Å²) < 4.78 is 28.6. The highest BCUT2D eigenvalue weighted by Gasteiger charge is 2.28. The van der Waals surface area contributed by atoms with Crippen molar-refractivity contribution in [1.82, 2.24) is 9.55 Å². The highest BCUT2D eigenvalue weighted by molar-refractivity contribution is 5.44. The molecule has 0 fully saturated rings. The van der Waals surface area contributed by atoms with Gasteiger partial charge in [-0.25, -0.2) is 13.8 Å². The van der Waals surface area contributed by atoms with Crippen molar-refractivity contribution in [3.63, 3.8) is 0 Å². The minimum Gasteiger partial charge on any atom is -0.302 e. The van der Waals surface area contributed by atoms with Gasteiger partial charge in [0.1, 0.15) is 17.7 Å². The second-order valence-electron chi connectivity index (χ2n) is 6.06. The Kier molecular flexibility index (Phi) is 3.90. The molecule has 0 aliphatic rings. The minimum atomic E-state index is -0.538. The lowest BCUT2D eigenvalue weighted by atomic mass is 9.81. The number of nitrogens with zero attached hydrogens (tertiary/aromatic N) is 3. The van der Waals surface area contributed by atoms with E-state index in [9.17, 15) is 8.78 Å². The molecule has 0 aliphatic heterocycles. The van der Waals surface area contributed by atoms with E-state index < -0.39 is 11.2 Å². The minimum absolute atomic E-state index is 0.00780. The van der Waals surface area contributed by atoms with Crippen LogP contribution in [0.3, 0.4) is 0 Å². The van der Waals surface area contributed by atoms with Crippen LogP contribution in [-0.2, 0) is 5.41 Å². The fourth-order valence-corrected chi connectivity index (χ4v) is 2.71. The summed E-state index contributed by atoms with van der Waals surface area (Å²) >= 11 is 0. The van der Waals surface area contributed by atoms with Crippen LogP contribution in [0.15, 0.2) is 55.0 Å². The van der Waals surface area contributed by atoms with E-state index in [1.807, 2.05) is 24.5 Å². The molecule has 1 heterocycles. The number of aromatic nitrogens is 2. The fourth-order valence-electron chi connectivity index (χ4n) is 2.71. The third-order valence-electron chi connectivity index (χ3n) is 4.19. The number of nitriles is 1. The van der Waals surface area contributed by atoms with Gasteiger partial charge in [0.05, 0.1) is 17.6 Å². The smallest absolute Gasteiger partial charge is 0.140 e. The standard InChI is InChI=1S/C19H15F2N3/c1-19(2,14-3-8-17(21)13(9-14)10-22)18-11-23-12-24(18)16-6-4-15(20)5-7-16/h3-9,11-12H,1-2H3. The number of rotatable bonds is 3. The average Bonchev–Trinajstić information content (AvgIpc) is 3.06. The van der Waals surface area contributed by atoms with Gasteiger partial charge >= 0.3 is 0 Å². The molecule has 0 bridgehead atoms. The molecule has 0 spiro atoms. The highest BCUT2D eigenvalue weighted by Crippen LogP contribution is 2.33. The molecular weight excluding hydrogens is 308 g/mol. The van der Waals surface area contributed by atoms with Crippen molar-refractivity contribution >= 4 is 0 Å². The summed E-state index contributed by atoms with van der Waals surface area (Å²) in [5.74, 6) is -0.846. The normalized spacial score (nSPS) is 11.3. The molecule has 24 heavy (non-hydrogen) atoms. The van der Waals surface area contributed by atoms with Gasteiger partial charge in [-0.2, -0.15) is 5.26 Å². The highest BCUT2D eigenvalue weighted by atomic mass is 19.1. The van der Waals surface area contributed by atoms with Gasteiger partial charge in [-0.3, -0.25) is 0 Å². The second kappa shape index (κ2) is 5.89. The molecule has 0 saturated carbocycles. The molecule has 0 atom stereocenters. The first kappa shape index (κ1) is 15.9. The monoisotopic (exact) mass is 323 g/mol. The molecule has 120 valence electrons. The summed E-state index contributed by atoms with van der Waals surface area (Å²) in [6.45, 7) is 3.94. The largest absolute Gasteiger partial charge is 0.302 e. The van der Waals surface area contributed by atoms with Gasteiger partial charge in [0.15, 0.2) is 0 Å². The van der Waals surface area contributed by atoms with Crippen LogP contribution in [0.1, 0.15) is 30.7 Å². The molecule has 0 amide bonds. The van der Waals surface area contributed by atoms with Gasteiger partial charge in [-0.15, -0.1) is 0 Å². The van der Waals surface area contributed by atoms with E-state index in [0.29, 0.717) is 0 Å². The van der Waals surface area contributed by atoms with Gasteiger partial charge in [0, 0.05) is 17.3 Å². The van der Waals surface area contributed by atoms with E-state index in [1.165, 1.54) is 18.2 Å². The van der Waals surface area contributed by atoms with Crippen LogP contribution in [0.2, 0.25) is 0 Å². The van der Waals surface area contributed by atoms with E-state index in [0.717, 1.165) is 16.9 Å². The Hall–Kier alpha value is -3.00. The zero-order valence-corrected chi connectivity index (χ0v) is 13.3. The van der Waals surface area contributed by atoms with Crippen LogP contribution in [0.4, 0.5) is 8.78 Å². The first-order chi connectivity index (χ1) is 11.4. The summed E-state index contributed by atoms with van der Waals surface area (Å²) in [5.41, 5.74) is 1.91. The van der Waals surface area contributed by atoms with Crippen molar-refractivity contribution in [3.8, 4) is 11.8 Å². The van der Waals surface area contributed by atoms with E-state index in [4.69, 9.17) is 5.26 Å². The van der Waals surface area contributed by atoms with Crippen LogP contribution in [0.25, 0.3) is 5.69 Å². The Morgan fingerprint density at radius 1 is 1.08 bits per heavy atom. The SMILES string of the molecule is CC(C)(c1ccc(F)c(C#N)c1)c1cncn1-c1ccc(F)cc1. The Bertz CT molecular complexity index is 919. The van der Waals surface area contributed by atoms with Crippen molar-refractivity contribution in [2.45, 2.75) is 19.3 Å². The number of hydrogen-bond acceptors (Lipinski definition) is 2. The molecule has 3 rings (SSSR count). The summed E-state index contributed by atoms with van der Waals surface area (Å²) in [7, 11) is 0. The Balaban J connectivity index is 2.10. The van der Waals surface area contributed by atoms with Crippen LogP contribution < -0.4 is 0 Å². The lowest BCUT2D eigenvalue weighted by Crippen LogP contribution is -2.23. The summed E-state index contributed by atoms with van der Waals surface area (Å²) in [6.07, 6.45) is 3.37. The van der Waals surface area contributed by atoms with Crippen molar-refractivity contribution in [2.24, 2.45) is 0 Å². The number of imidazole rings is 1. The van der Waals surface area contributed by atoms with Gasteiger partial charge in [0.2, 0.25) is 0 Å². The third kappa shape index (κ3) is 2.67. The molecule has 2 aromatic carbocycles. The topological polar surface area (TPSA) is 41.6 Å². The first-order valence-electron chi connectivity index (χ1n) is 7.42. The van der Waals surface area contributed by atoms with Crippen LogP contribution in [-0.4, -0.2) is 9.55 Å². The van der Waals surface area contributed by atoms with Crippen molar-refractivity contribution in [3.05, 3.63) is 83.4 Å². The summed E-state index contributed by atoms with van der Waals surface area (Å²) in [5, 5.41) is 9.05. The van der Waals surface area contributed by atoms with Crippen molar-refractivity contribution in [2.75, 3.05) is 0 Å². The molecule has 3 aromatic rings. The lowest BCUT2D eigenvalue weighted by molar-refractivity contribution is 0.590. The van der Waals surface area contributed by atoms with Crippen molar-refractivity contribution < 1.29 is 8.78 Å². The van der Waals surface area contributed by atoms with Gasteiger partial charge < -0.3 is 4.57 Å². The molecular formula is C19H15F2N3. The van der Waals surface area contributed by atoms with Gasteiger partial charge in [0.25, 0.3) is 0 Å². The predicted molar refractivity (Wildman–Crippen MR) is 86.8 cm³/mol. The fraction of sp³-hybridized carbons (Fsp3) is 0.158. The Labute approximate surface area is 138 Å². The maximum absolute atomic E-state index is 13.6. The summed E-state index contributed by atoms with van der Waals surface area (Å²) in [6, 6.07) is 12.5. The van der Waals surface area contributed by atoms with E-state index in [-0.39, 0.29) is 11.4 Å². The van der Waals surface area contributed by atoms with Crippen molar-refractivity contribution in [1.29, 1.82) is 5.26 Å². The second-order valence-corrected chi connectivity index (χ2v) is 6.06. The average molecular weight is 323 g/mol. The molecule has 1 aromatic heterocycles. The molecule has 0 unspecified atom stereocenters. The number of benzene rings is 2. The molecule has 0 saturated heterocycles. The van der Waals surface area contributed by atoms with Crippen LogP contribution in [0, 0.1) is 23.0 Å². The van der Waals surface area contributed by atoms with Gasteiger partial charge in [-0.05, 0) is 42.0 Å². The summed E-state index contributed by atoms with van der Waals surface area (Å²) in [4.78, 5) is 4.20.